The maximum Gasteiger partial charge on any atom is 0.151 e. The highest BCUT2D eigenvalue weighted by molar-refractivity contribution is 5.37. The van der Waals surface area contributed by atoms with Gasteiger partial charge in [-0.25, -0.2) is 0 Å². The minimum Gasteiger partial charge on any atom is -0.355 e. The van der Waals surface area contributed by atoms with E-state index in [2.05, 4.69) is 46.4 Å². The molecular weight excluding hydrogens is 248 g/mol. The lowest BCUT2D eigenvalue weighted by atomic mass is 9.98. The predicted molar refractivity (Wildman–Crippen MR) is 83.9 cm³/mol. The van der Waals surface area contributed by atoms with E-state index in [4.69, 9.17) is 0 Å². The average molecular weight is 276 g/mol. The molecular formula is C16H28N4. The lowest BCUT2D eigenvalue weighted by molar-refractivity contribution is 0.459. The first-order valence-corrected chi connectivity index (χ1v) is 8.11. The molecule has 1 aromatic heterocycles. The Hall–Kier alpha value is -1.16. The van der Waals surface area contributed by atoms with Crippen LogP contribution in [0.4, 0.5) is 5.82 Å². The Morgan fingerprint density at radius 3 is 2.80 bits per heavy atom. The molecule has 0 saturated carbocycles. The summed E-state index contributed by atoms with van der Waals surface area (Å²) in [7, 11) is 0. The van der Waals surface area contributed by atoms with Crippen LogP contribution in [-0.2, 0) is 6.54 Å². The first kappa shape index (κ1) is 15.2. The smallest absolute Gasteiger partial charge is 0.151 e. The van der Waals surface area contributed by atoms with Gasteiger partial charge in [0.2, 0.25) is 0 Å². The van der Waals surface area contributed by atoms with Crippen LogP contribution in [0.15, 0.2) is 12.1 Å². The Morgan fingerprint density at radius 1 is 1.20 bits per heavy atom. The molecule has 1 atom stereocenters. The molecule has 4 nitrogen and oxygen atoms in total. The SMILES string of the molecule is CCCNCc1ccc(N2CCCC(CC)CC2)nn1. The van der Waals surface area contributed by atoms with Crippen LogP contribution in [0, 0.1) is 5.92 Å². The molecule has 2 rings (SSSR count). The van der Waals surface area contributed by atoms with Crippen LogP contribution in [-0.4, -0.2) is 29.8 Å². The normalized spacial score (nSPS) is 19.9. The van der Waals surface area contributed by atoms with Crippen molar-refractivity contribution in [2.24, 2.45) is 5.92 Å². The molecule has 1 saturated heterocycles. The van der Waals surface area contributed by atoms with Gasteiger partial charge in [0, 0.05) is 19.6 Å². The fourth-order valence-corrected chi connectivity index (χ4v) is 2.81. The molecule has 1 aliphatic heterocycles. The molecule has 2 heterocycles. The van der Waals surface area contributed by atoms with Gasteiger partial charge in [-0.1, -0.05) is 20.3 Å². The van der Waals surface area contributed by atoms with E-state index in [1.807, 2.05) is 0 Å². The molecule has 0 spiro atoms. The van der Waals surface area contributed by atoms with Gasteiger partial charge in [-0.15, -0.1) is 5.10 Å². The van der Waals surface area contributed by atoms with Crippen LogP contribution in [0.1, 0.15) is 51.6 Å². The van der Waals surface area contributed by atoms with Crippen LogP contribution in [0.25, 0.3) is 0 Å². The molecule has 20 heavy (non-hydrogen) atoms. The summed E-state index contributed by atoms with van der Waals surface area (Å²) in [5, 5.41) is 12.1. The van der Waals surface area contributed by atoms with Crippen LogP contribution in [0.3, 0.4) is 0 Å². The van der Waals surface area contributed by atoms with Gasteiger partial charge < -0.3 is 10.2 Å². The zero-order valence-corrected chi connectivity index (χ0v) is 12.9. The third kappa shape index (κ3) is 4.44. The third-order valence-corrected chi connectivity index (χ3v) is 4.19. The van der Waals surface area contributed by atoms with E-state index in [1.54, 1.807) is 0 Å². The zero-order chi connectivity index (χ0) is 14.2. The van der Waals surface area contributed by atoms with E-state index in [9.17, 15) is 0 Å². The summed E-state index contributed by atoms with van der Waals surface area (Å²) in [6, 6.07) is 4.23. The molecule has 1 unspecified atom stereocenters. The number of nitrogens with one attached hydrogen (secondary N) is 1. The summed E-state index contributed by atoms with van der Waals surface area (Å²) in [4.78, 5) is 2.39. The molecule has 0 radical (unpaired) electrons. The summed E-state index contributed by atoms with van der Waals surface area (Å²) in [6.07, 6.45) is 6.39. The summed E-state index contributed by atoms with van der Waals surface area (Å²) in [6.45, 7) is 8.58. The summed E-state index contributed by atoms with van der Waals surface area (Å²) in [5.41, 5.74) is 1.03. The second kappa shape index (κ2) is 8.20. The average Bonchev–Trinajstić information content (AvgIpc) is 2.74. The second-order valence-electron chi connectivity index (χ2n) is 5.75. The van der Waals surface area contributed by atoms with Gasteiger partial charge in [0.15, 0.2) is 5.82 Å². The maximum absolute atomic E-state index is 4.41. The minimum absolute atomic E-state index is 0.818. The van der Waals surface area contributed by atoms with E-state index >= 15 is 0 Å². The highest BCUT2D eigenvalue weighted by atomic mass is 15.3. The van der Waals surface area contributed by atoms with E-state index in [0.29, 0.717) is 0 Å². The molecule has 112 valence electrons. The second-order valence-corrected chi connectivity index (χ2v) is 5.75. The third-order valence-electron chi connectivity index (χ3n) is 4.19. The van der Waals surface area contributed by atoms with Crippen LogP contribution in [0.2, 0.25) is 0 Å². The first-order valence-electron chi connectivity index (χ1n) is 8.11. The van der Waals surface area contributed by atoms with Crippen molar-refractivity contribution in [3.05, 3.63) is 17.8 Å². The van der Waals surface area contributed by atoms with Gasteiger partial charge in [0.25, 0.3) is 0 Å². The number of hydrogen-bond donors (Lipinski definition) is 1. The molecule has 1 fully saturated rings. The van der Waals surface area contributed by atoms with Gasteiger partial charge in [0.05, 0.1) is 5.69 Å². The molecule has 0 aliphatic carbocycles. The lowest BCUT2D eigenvalue weighted by Crippen LogP contribution is -2.25. The van der Waals surface area contributed by atoms with Crippen molar-refractivity contribution in [2.45, 2.75) is 52.5 Å². The maximum atomic E-state index is 4.41. The van der Waals surface area contributed by atoms with Gasteiger partial charge in [-0.3, -0.25) is 0 Å². The number of anilines is 1. The van der Waals surface area contributed by atoms with Gasteiger partial charge in [0.1, 0.15) is 0 Å². The van der Waals surface area contributed by atoms with Gasteiger partial charge in [-0.05, 0) is 50.3 Å². The Balaban J connectivity index is 1.88. The monoisotopic (exact) mass is 276 g/mol. The summed E-state index contributed by atoms with van der Waals surface area (Å²) < 4.78 is 0. The topological polar surface area (TPSA) is 41.0 Å². The fourth-order valence-electron chi connectivity index (χ4n) is 2.81. The molecule has 1 aliphatic rings. The van der Waals surface area contributed by atoms with Crippen molar-refractivity contribution < 1.29 is 0 Å². The Morgan fingerprint density at radius 2 is 2.10 bits per heavy atom. The van der Waals surface area contributed by atoms with Crippen LogP contribution < -0.4 is 10.2 Å². The minimum atomic E-state index is 0.818. The quantitative estimate of drug-likeness (QED) is 0.811. The van der Waals surface area contributed by atoms with Gasteiger partial charge in [-0.2, -0.15) is 5.10 Å². The molecule has 0 aromatic carbocycles. The molecule has 0 bridgehead atoms. The van der Waals surface area contributed by atoms with Crippen molar-refractivity contribution in [1.82, 2.24) is 15.5 Å². The number of nitrogens with zero attached hydrogens (tertiary/aromatic N) is 3. The number of aromatic nitrogens is 2. The van der Waals surface area contributed by atoms with Gasteiger partial charge >= 0.3 is 0 Å². The number of hydrogen-bond acceptors (Lipinski definition) is 4. The predicted octanol–water partition coefficient (Wildman–Crippen LogP) is 2.99. The van der Waals surface area contributed by atoms with Crippen molar-refractivity contribution in [2.75, 3.05) is 24.5 Å². The van der Waals surface area contributed by atoms with Crippen LogP contribution >= 0.6 is 0 Å². The van der Waals surface area contributed by atoms with E-state index < -0.39 is 0 Å². The Bertz CT molecular complexity index is 377. The lowest BCUT2D eigenvalue weighted by Gasteiger charge is -2.21. The molecule has 1 aromatic rings. The summed E-state index contributed by atoms with van der Waals surface area (Å²) >= 11 is 0. The number of rotatable bonds is 6. The van der Waals surface area contributed by atoms with E-state index in [0.717, 1.165) is 50.0 Å². The van der Waals surface area contributed by atoms with Crippen molar-refractivity contribution in [3.8, 4) is 0 Å². The van der Waals surface area contributed by atoms with Crippen molar-refractivity contribution >= 4 is 5.82 Å². The van der Waals surface area contributed by atoms with Crippen molar-refractivity contribution in [3.63, 3.8) is 0 Å². The van der Waals surface area contributed by atoms with E-state index in [-0.39, 0.29) is 0 Å². The molecule has 0 amide bonds. The van der Waals surface area contributed by atoms with Crippen molar-refractivity contribution in [1.29, 1.82) is 0 Å². The highest BCUT2D eigenvalue weighted by Gasteiger charge is 2.16. The Kier molecular flexibility index (Phi) is 6.25. The molecule has 1 N–H and O–H groups in total. The Labute approximate surface area is 123 Å². The van der Waals surface area contributed by atoms with E-state index in [1.165, 1.54) is 25.7 Å². The zero-order valence-electron chi connectivity index (χ0n) is 12.9. The highest BCUT2D eigenvalue weighted by Crippen LogP contribution is 2.22. The first-order chi connectivity index (χ1) is 9.83. The van der Waals surface area contributed by atoms with Crippen LogP contribution in [0.5, 0.6) is 0 Å². The fraction of sp³-hybridized carbons (Fsp3) is 0.750. The summed E-state index contributed by atoms with van der Waals surface area (Å²) in [5.74, 6) is 1.94. The standard InChI is InChI=1S/C16H28N4/c1-3-10-17-13-15-7-8-16(19-18-15)20-11-5-6-14(4-2)9-12-20/h7-8,14,17H,3-6,9-13H2,1-2H3. The largest absolute Gasteiger partial charge is 0.355 e. The molecule has 4 heteroatoms.